The molecule has 0 radical (unpaired) electrons. The van der Waals surface area contributed by atoms with Crippen molar-refractivity contribution in [3.8, 4) is 0 Å². The van der Waals surface area contributed by atoms with Crippen molar-refractivity contribution in [3.63, 3.8) is 0 Å². The van der Waals surface area contributed by atoms with Gasteiger partial charge in [0.25, 0.3) is 0 Å². The molecule has 12 heavy (non-hydrogen) atoms. The molecule has 1 amide bonds. The fourth-order valence-electron chi connectivity index (χ4n) is 0.904. The molecule has 1 aromatic heterocycles. The van der Waals surface area contributed by atoms with Crippen molar-refractivity contribution >= 4 is 11.6 Å². The lowest BCUT2D eigenvalue weighted by Gasteiger charge is -1.85. The van der Waals surface area contributed by atoms with Gasteiger partial charge in [-0.2, -0.15) is 10.2 Å². The van der Waals surface area contributed by atoms with Gasteiger partial charge in [-0.05, 0) is 0 Å². The minimum atomic E-state index is -0.410. The summed E-state index contributed by atoms with van der Waals surface area (Å²) < 4.78 is 0. The van der Waals surface area contributed by atoms with Gasteiger partial charge in [0.05, 0.1) is 6.42 Å². The minimum Gasteiger partial charge on any atom is -0.288 e. The van der Waals surface area contributed by atoms with E-state index in [0.717, 1.165) is 0 Å². The highest BCUT2D eigenvalue weighted by Crippen LogP contribution is 2.00. The second kappa shape index (κ2) is 2.29. The zero-order chi connectivity index (χ0) is 8.55. The summed E-state index contributed by atoms with van der Waals surface area (Å²) in [5.41, 5.74) is 2.28. The first-order valence-electron chi connectivity index (χ1n) is 3.26. The van der Waals surface area contributed by atoms with Crippen molar-refractivity contribution in [2.24, 2.45) is 5.10 Å². The van der Waals surface area contributed by atoms with Crippen molar-refractivity contribution in [1.29, 1.82) is 0 Å². The van der Waals surface area contributed by atoms with Gasteiger partial charge in [-0.25, -0.2) is 15.3 Å². The highest BCUT2D eigenvalue weighted by Gasteiger charge is 2.18. The molecule has 1 aliphatic rings. The predicted molar refractivity (Wildman–Crippen MR) is 38.5 cm³/mol. The van der Waals surface area contributed by atoms with E-state index in [0.29, 0.717) is 11.5 Å². The molecule has 0 spiro atoms. The van der Waals surface area contributed by atoms with E-state index in [-0.39, 0.29) is 12.3 Å². The van der Waals surface area contributed by atoms with Crippen LogP contribution < -0.4 is 11.1 Å². The van der Waals surface area contributed by atoms with E-state index < -0.39 is 5.69 Å². The summed E-state index contributed by atoms with van der Waals surface area (Å²) in [6.45, 7) is 0. The molecule has 7 nitrogen and oxygen atoms in total. The van der Waals surface area contributed by atoms with Crippen LogP contribution in [0.2, 0.25) is 0 Å². The Labute approximate surface area is 65.9 Å². The van der Waals surface area contributed by atoms with Crippen LogP contribution in [-0.4, -0.2) is 26.8 Å². The van der Waals surface area contributed by atoms with Crippen LogP contribution in [0.4, 0.5) is 0 Å². The molecule has 0 saturated carbocycles. The number of carbonyl (C=O) groups excluding carboxylic acids is 1. The van der Waals surface area contributed by atoms with Crippen LogP contribution >= 0.6 is 0 Å². The largest absolute Gasteiger partial charge is 0.340 e. The fourth-order valence-corrected chi connectivity index (χ4v) is 0.904. The molecule has 0 fully saturated rings. The number of hydrazone groups is 1. The maximum absolute atomic E-state index is 10.7. The summed E-state index contributed by atoms with van der Waals surface area (Å²) in [6.07, 6.45) is 0.154. The molecular formula is C5H5N5O2. The number of nitrogens with one attached hydrogen (secondary N) is 3. The topological polar surface area (TPSA) is 103 Å². The van der Waals surface area contributed by atoms with E-state index in [1.165, 1.54) is 0 Å². The molecular weight excluding hydrogens is 162 g/mol. The quantitative estimate of drug-likeness (QED) is 0.465. The summed E-state index contributed by atoms with van der Waals surface area (Å²) in [7, 11) is 0. The lowest BCUT2D eigenvalue weighted by molar-refractivity contribution is -0.119. The van der Waals surface area contributed by atoms with Gasteiger partial charge in [-0.15, -0.1) is 0 Å². The third-order valence-corrected chi connectivity index (χ3v) is 1.42. The number of amides is 1. The third-order valence-electron chi connectivity index (χ3n) is 1.42. The molecule has 3 N–H and O–H groups in total. The van der Waals surface area contributed by atoms with Crippen LogP contribution in [0.25, 0.3) is 0 Å². The van der Waals surface area contributed by atoms with E-state index in [2.05, 4.69) is 25.7 Å². The monoisotopic (exact) mass is 167 g/mol. The van der Waals surface area contributed by atoms with Crippen molar-refractivity contribution in [2.75, 3.05) is 0 Å². The number of rotatable bonds is 1. The highest BCUT2D eigenvalue weighted by molar-refractivity contribution is 6.11. The van der Waals surface area contributed by atoms with E-state index in [4.69, 9.17) is 0 Å². The second-order valence-electron chi connectivity index (χ2n) is 2.30. The van der Waals surface area contributed by atoms with Crippen molar-refractivity contribution in [3.05, 3.63) is 16.3 Å². The first-order valence-corrected chi connectivity index (χ1v) is 3.26. The minimum absolute atomic E-state index is 0.154. The Morgan fingerprint density at radius 3 is 2.67 bits per heavy atom. The first kappa shape index (κ1) is 6.77. The van der Waals surface area contributed by atoms with Crippen LogP contribution in [0.5, 0.6) is 0 Å². The molecule has 2 heterocycles. The van der Waals surface area contributed by atoms with Gasteiger partial charge >= 0.3 is 5.69 Å². The molecule has 0 saturated heterocycles. The number of H-pyrrole nitrogens is 2. The summed E-state index contributed by atoms with van der Waals surface area (Å²) in [5, 5.41) is 9.46. The summed E-state index contributed by atoms with van der Waals surface area (Å²) in [6, 6.07) is 0. The maximum Gasteiger partial charge on any atom is 0.340 e. The maximum atomic E-state index is 10.7. The van der Waals surface area contributed by atoms with E-state index >= 15 is 0 Å². The number of hydrogen-bond acceptors (Lipinski definition) is 4. The summed E-state index contributed by atoms with van der Waals surface area (Å²) in [5.74, 6) is 0.104. The van der Waals surface area contributed by atoms with E-state index in [1.54, 1.807) is 0 Å². The van der Waals surface area contributed by atoms with Crippen LogP contribution in [0, 0.1) is 0 Å². The molecule has 7 heteroatoms. The zero-order valence-electron chi connectivity index (χ0n) is 5.92. The molecule has 2 rings (SSSR count). The molecule has 0 bridgehead atoms. The van der Waals surface area contributed by atoms with Gasteiger partial charge in [-0.1, -0.05) is 0 Å². The summed E-state index contributed by atoms with van der Waals surface area (Å²) in [4.78, 5) is 23.7. The van der Waals surface area contributed by atoms with Crippen molar-refractivity contribution < 1.29 is 4.79 Å². The van der Waals surface area contributed by atoms with Crippen molar-refractivity contribution in [2.45, 2.75) is 6.42 Å². The molecule has 0 aliphatic carbocycles. The molecule has 0 aromatic carbocycles. The van der Waals surface area contributed by atoms with Crippen LogP contribution in [0.1, 0.15) is 12.2 Å². The molecule has 1 aromatic rings. The second-order valence-corrected chi connectivity index (χ2v) is 2.30. The Hall–Kier alpha value is -1.92. The molecule has 0 unspecified atom stereocenters. The first-order chi connectivity index (χ1) is 5.75. The molecule has 62 valence electrons. The average molecular weight is 167 g/mol. The Morgan fingerprint density at radius 2 is 2.17 bits per heavy atom. The number of aromatic nitrogens is 3. The van der Waals surface area contributed by atoms with Gasteiger partial charge in [0.1, 0.15) is 5.71 Å². The molecule has 0 atom stereocenters. The van der Waals surface area contributed by atoms with Gasteiger partial charge in [0, 0.05) is 0 Å². The Balaban J connectivity index is 2.32. The highest BCUT2D eigenvalue weighted by atomic mass is 16.2. The number of hydrogen-bond donors (Lipinski definition) is 3. The Morgan fingerprint density at radius 1 is 1.33 bits per heavy atom. The molecule has 1 aliphatic heterocycles. The van der Waals surface area contributed by atoms with Crippen LogP contribution in [0.3, 0.4) is 0 Å². The standard InChI is InChI=1S/C5H5N5O2/c11-3-1-2(7-8-3)4-6-5(12)10-9-4/h1H2,(H,8,11)(H2,6,9,10,12). The van der Waals surface area contributed by atoms with Crippen LogP contribution in [0.15, 0.2) is 9.90 Å². The van der Waals surface area contributed by atoms with Crippen molar-refractivity contribution in [1.82, 2.24) is 20.6 Å². The summed E-state index contributed by atoms with van der Waals surface area (Å²) >= 11 is 0. The van der Waals surface area contributed by atoms with Gasteiger partial charge in [0.15, 0.2) is 5.82 Å². The smallest absolute Gasteiger partial charge is 0.288 e. The van der Waals surface area contributed by atoms with Gasteiger partial charge in [-0.3, -0.25) is 9.78 Å². The lowest BCUT2D eigenvalue weighted by atomic mass is 10.3. The number of nitrogens with zero attached hydrogens (tertiary/aromatic N) is 2. The average Bonchev–Trinajstić information content (AvgIpc) is 2.58. The number of aromatic amines is 2. The van der Waals surface area contributed by atoms with E-state index in [1.807, 2.05) is 0 Å². The van der Waals surface area contributed by atoms with E-state index in [9.17, 15) is 9.59 Å². The predicted octanol–water partition coefficient (Wildman–Crippen LogP) is -1.68. The van der Waals surface area contributed by atoms with Gasteiger partial charge < -0.3 is 0 Å². The SMILES string of the molecule is O=C1CC(c2n[nH]c(=O)[nH]2)=NN1. The lowest BCUT2D eigenvalue weighted by Crippen LogP contribution is -2.09. The Bertz CT molecular complexity index is 400. The van der Waals surface area contributed by atoms with Gasteiger partial charge in [0.2, 0.25) is 5.91 Å². The fraction of sp³-hybridized carbons (Fsp3) is 0.200. The third kappa shape index (κ3) is 1.00. The number of carbonyl (C=O) groups is 1. The van der Waals surface area contributed by atoms with Crippen LogP contribution in [-0.2, 0) is 4.79 Å². The zero-order valence-corrected chi connectivity index (χ0v) is 5.92. The Kier molecular flexibility index (Phi) is 1.29. The normalized spacial score (nSPS) is 16.0.